The topological polar surface area (TPSA) is 61.8 Å². The second-order valence-electron chi connectivity index (χ2n) is 8.59. The highest BCUT2D eigenvalue weighted by molar-refractivity contribution is 5.91. The van der Waals surface area contributed by atoms with E-state index in [2.05, 4.69) is 41.8 Å². The van der Waals surface area contributed by atoms with Crippen LogP contribution < -0.4 is 4.90 Å². The molecule has 2 saturated heterocycles. The number of piperidine rings is 1. The molecule has 1 aromatic carbocycles. The summed E-state index contributed by atoms with van der Waals surface area (Å²) in [4.78, 5) is 28.6. The van der Waals surface area contributed by atoms with Gasteiger partial charge in [0, 0.05) is 38.1 Å². The third-order valence-corrected chi connectivity index (χ3v) is 6.17. The number of nitrogens with zero attached hydrogens (tertiary/aromatic N) is 5. The average molecular weight is 412 g/mol. The molecule has 2 aromatic rings. The molecule has 0 N–H and O–H groups in total. The minimum absolute atomic E-state index is 0.222. The van der Waals surface area contributed by atoms with E-state index in [0.717, 1.165) is 61.2 Å². The molecule has 30 heavy (non-hydrogen) atoms. The van der Waals surface area contributed by atoms with Crippen LogP contribution in [-0.2, 0) is 11.3 Å². The van der Waals surface area contributed by atoms with Gasteiger partial charge < -0.3 is 14.5 Å². The van der Waals surface area contributed by atoms with Crippen molar-refractivity contribution in [2.24, 2.45) is 5.92 Å². The first-order valence-electron chi connectivity index (χ1n) is 11.2. The number of para-hydroxylation sites is 1. The van der Waals surface area contributed by atoms with Crippen molar-refractivity contribution < 1.29 is 9.53 Å². The number of benzene rings is 1. The number of carbonyl (C=O) groups is 1. The third kappa shape index (κ3) is 4.51. The van der Waals surface area contributed by atoms with Gasteiger partial charge in [-0.3, -0.25) is 4.90 Å². The fourth-order valence-corrected chi connectivity index (χ4v) is 4.58. The first-order chi connectivity index (χ1) is 14.5. The van der Waals surface area contributed by atoms with Gasteiger partial charge in [0.15, 0.2) is 0 Å². The molecule has 0 saturated carbocycles. The van der Waals surface area contributed by atoms with Crippen LogP contribution in [0.1, 0.15) is 38.1 Å². The molecular weight excluding hydrogens is 378 g/mol. The smallest absolute Gasteiger partial charge is 0.409 e. The van der Waals surface area contributed by atoms with Crippen LogP contribution in [0.15, 0.2) is 18.2 Å². The van der Waals surface area contributed by atoms with Crippen molar-refractivity contribution in [2.45, 2.75) is 40.2 Å². The van der Waals surface area contributed by atoms with Gasteiger partial charge in [-0.2, -0.15) is 0 Å². The summed E-state index contributed by atoms with van der Waals surface area (Å²) in [6.45, 7) is 12.5. The van der Waals surface area contributed by atoms with Crippen LogP contribution in [0, 0.1) is 12.8 Å². The van der Waals surface area contributed by atoms with E-state index in [0.29, 0.717) is 19.7 Å². The molecule has 162 valence electrons. The number of ether oxygens (including phenoxy) is 1. The molecular formula is C23H33N5O2. The van der Waals surface area contributed by atoms with Gasteiger partial charge in [0.05, 0.1) is 18.7 Å². The summed E-state index contributed by atoms with van der Waals surface area (Å²) >= 11 is 0. The lowest BCUT2D eigenvalue weighted by atomic mass is 10.0. The Morgan fingerprint density at radius 3 is 2.70 bits per heavy atom. The number of fused-ring (bicyclic) bond motifs is 1. The van der Waals surface area contributed by atoms with E-state index in [1.807, 2.05) is 6.92 Å². The zero-order valence-electron chi connectivity index (χ0n) is 18.4. The van der Waals surface area contributed by atoms with Crippen molar-refractivity contribution in [2.75, 3.05) is 50.8 Å². The molecule has 4 rings (SSSR count). The molecule has 1 amide bonds. The maximum Gasteiger partial charge on any atom is 0.409 e. The van der Waals surface area contributed by atoms with Crippen LogP contribution >= 0.6 is 0 Å². The molecule has 1 unspecified atom stereocenters. The Hall–Kier alpha value is -2.41. The Morgan fingerprint density at radius 2 is 1.97 bits per heavy atom. The zero-order chi connectivity index (χ0) is 21.1. The highest BCUT2D eigenvalue weighted by Crippen LogP contribution is 2.28. The van der Waals surface area contributed by atoms with Crippen LogP contribution in [0.5, 0.6) is 0 Å². The van der Waals surface area contributed by atoms with E-state index in [4.69, 9.17) is 14.7 Å². The lowest BCUT2D eigenvalue weighted by Gasteiger charge is -2.35. The van der Waals surface area contributed by atoms with Gasteiger partial charge in [0.25, 0.3) is 0 Å². The Kier molecular flexibility index (Phi) is 6.37. The van der Waals surface area contributed by atoms with Crippen molar-refractivity contribution in [3.63, 3.8) is 0 Å². The summed E-state index contributed by atoms with van der Waals surface area (Å²) in [6, 6.07) is 6.30. The second kappa shape index (κ2) is 9.16. The summed E-state index contributed by atoms with van der Waals surface area (Å²) in [5.41, 5.74) is 2.21. The molecule has 1 atom stereocenters. The number of rotatable bonds is 4. The van der Waals surface area contributed by atoms with Gasteiger partial charge in [-0.1, -0.05) is 19.1 Å². The maximum absolute atomic E-state index is 12.1. The molecule has 7 heteroatoms. The highest BCUT2D eigenvalue weighted by Gasteiger charge is 2.25. The fourth-order valence-electron chi connectivity index (χ4n) is 4.58. The highest BCUT2D eigenvalue weighted by atomic mass is 16.6. The number of likely N-dealkylation sites (tertiary alicyclic amines) is 1. The summed E-state index contributed by atoms with van der Waals surface area (Å²) < 4.78 is 5.16. The van der Waals surface area contributed by atoms with E-state index < -0.39 is 0 Å². The number of amides is 1. The molecule has 1 aromatic heterocycles. The first kappa shape index (κ1) is 20.8. The van der Waals surface area contributed by atoms with E-state index in [1.54, 1.807) is 4.90 Å². The number of carbonyl (C=O) groups excluding carboxylic acids is 1. The number of anilines is 1. The van der Waals surface area contributed by atoms with Crippen molar-refractivity contribution in [1.82, 2.24) is 19.8 Å². The summed E-state index contributed by atoms with van der Waals surface area (Å²) in [5, 5.41) is 1.09. The van der Waals surface area contributed by atoms with Gasteiger partial charge in [-0.15, -0.1) is 0 Å². The predicted molar refractivity (Wildman–Crippen MR) is 119 cm³/mol. The van der Waals surface area contributed by atoms with Crippen molar-refractivity contribution in [3.8, 4) is 0 Å². The van der Waals surface area contributed by atoms with E-state index in [9.17, 15) is 4.79 Å². The molecule has 2 fully saturated rings. The minimum atomic E-state index is -0.222. The predicted octanol–water partition coefficient (Wildman–Crippen LogP) is 3.45. The Bertz CT molecular complexity index is 895. The number of aryl methyl sites for hydroxylation is 1. The van der Waals surface area contributed by atoms with Crippen LogP contribution in [0.4, 0.5) is 10.6 Å². The van der Waals surface area contributed by atoms with Crippen molar-refractivity contribution >= 4 is 22.8 Å². The molecule has 2 aliphatic heterocycles. The SMILES string of the molecule is CCOC(=O)N1CCN(c2nc(CN3CCCC(C)C3)nc3c(C)cccc23)CC1. The number of hydrogen-bond donors (Lipinski definition) is 0. The molecule has 0 bridgehead atoms. The lowest BCUT2D eigenvalue weighted by Crippen LogP contribution is -2.49. The van der Waals surface area contributed by atoms with Gasteiger partial charge in [-0.05, 0) is 50.8 Å². The van der Waals surface area contributed by atoms with Crippen LogP contribution in [-0.4, -0.2) is 71.7 Å². The zero-order valence-corrected chi connectivity index (χ0v) is 18.4. The molecule has 7 nitrogen and oxygen atoms in total. The minimum Gasteiger partial charge on any atom is -0.450 e. The lowest BCUT2D eigenvalue weighted by molar-refractivity contribution is 0.105. The number of aromatic nitrogens is 2. The molecule has 2 aliphatic rings. The Labute approximate surface area is 179 Å². The molecule has 0 spiro atoms. The third-order valence-electron chi connectivity index (χ3n) is 6.17. The fraction of sp³-hybridized carbons (Fsp3) is 0.609. The maximum atomic E-state index is 12.1. The van der Waals surface area contributed by atoms with Gasteiger partial charge >= 0.3 is 6.09 Å². The summed E-state index contributed by atoms with van der Waals surface area (Å²) in [7, 11) is 0. The van der Waals surface area contributed by atoms with Gasteiger partial charge in [0.1, 0.15) is 11.6 Å². The second-order valence-corrected chi connectivity index (χ2v) is 8.59. The normalized spacial score (nSPS) is 20.6. The molecule has 3 heterocycles. The quantitative estimate of drug-likeness (QED) is 0.768. The van der Waals surface area contributed by atoms with E-state index in [-0.39, 0.29) is 6.09 Å². The molecule has 0 aliphatic carbocycles. The van der Waals surface area contributed by atoms with Crippen molar-refractivity contribution in [3.05, 3.63) is 29.6 Å². The van der Waals surface area contributed by atoms with Crippen LogP contribution in [0.2, 0.25) is 0 Å². The Balaban J connectivity index is 1.59. The largest absolute Gasteiger partial charge is 0.450 e. The first-order valence-corrected chi connectivity index (χ1v) is 11.2. The monoisotopic (exact) mass is 411 g/mol. The summed E-state index contributed by atoms with van der Waals surface area (Å²) in [5.74, 6) is 2.62. The average Bonchev–Trinajstić information content (AvgIpc) is 2.74. The van der Waals surface area contributed by atoms with Crippen molar-refractivity contribution in [1.29, 1.82) is 0 Å². The van der Waals surface area contributed by atoms with Crippen LogP contribution in [0.3, 0.4) is 0 Å². The number of hydrogen-bond acceptors (Lipinski definition) is 6. The standard InChI is InChI=1S/C23H33N5O2/c1-4-30-23(29)28-13-11-27(12-14-28)22-19-9-5-8-18(3)21(19)24-20(25-22)16-26-10-6-7-17(2)15-26/h5,8-9,17H,4,6-7,10-16H2,1-3H3. The van der Waals surface area contributed by atoms with Gasteiger partial charge in [-0.25, -0.2) is 14.8 Å². The van der Waals surface area contributed by atoms with Crippen LogP contribution in [0.25, 0.3) is 10.9 Å². The molecule has 0 radical (unpaired) electrons. The summed E-state index contributed by atoms with van der Waals surface area (Å²) in [6.07, 6.45) is 2.33. The Morgan fingerprint density at radius 1 is 1.17 bits per heavy atom. The van der Waals surface area contributed by atoms with Gasteiger partial charge in [0.2, 0.25) is 0 Å². The van der Waals surface area contributed by atoms with E-state index in [1.165, 1.54) is 18.4 Å². The van der Waals surface area contributed by atoms with E-state index >= 15 is 0 Å². The number of piperazine rings is 1.